The summed E-state index contributed by atoms with van der Waals surface area (Å²) in [6, 6.07) is 6.24. The molecule has 0 amide bonds. The van der Waals surface area contributed by atoms with E-state index in [0.29, 0.717) is 17.7 Å². The molecule has 0 saturated carbocycles. The molecule has 0 spiro atoms. The second-order valence-corrected chi connectivity index (χ2v) is 5.38. The minimum absolute atomic E-state index is 0.356. The van der Waals surface area contributed by atoms with Crippen LogP contribution < -0.4 is 10.5 Å². The maximum atomic E-state index is 5.77. The number of aryl methyl sites for hydroxylation is 2. The van der Waals surface area contributed by atoms with E-state index in [-0.39, 0.29) is 0 Å². The SMILES string of the molecule is Cc1ccc(C)c(OCCCSc2n[nH]c(N)n2)c1. The van der Waals surface area contributed by atoms with Gasteiger partial charge in [-0.3, -0.25) is 0 Å². The van der Waals surface area contributed by atoms with E-state index in [1.165, 1.54) is 11.1 Å². The summed E-state index contributed by atoms with van der Waals surface area (Å²) in [5.41, 5.74) is 7.83. The quantitative estimate of drug-likeness (QED) is 0.627. The minimum Gasteiger partial charge on any atom is -0.493 e. The molecule has 0 fully saturated rings. The number of rotatable bonds is 6. The van der Waals surface area contributed by atoms with Crippen LogP contribution in [-0.2, 0) is 0 Å². The lowest BCUT2D eigenvalue weighted by atomic mass is 10.1. The number of thioether (sulfide) groups is 1. The Kier molecular flexibility index (Phi) is 4.68. The van der Waals surface area contributed by atoms with Gasteiger partial charge in [-0.25, -0.2) is 5.10 Å². The van der Waals surface area contributed by atoms with Crippen molar-refractivity contribution in [1.82, 2.24) is 15.2 Å². The summed E-state index contributed by atoms with van der Waals surface area (Å²) >= 11 is 1.57. The number of aromatic amines is 1. The van der Waals surface area contributed by atoms with E-state index in [9.17, 15) is 0 Å². The van der Waals surface area contributed by atoms with E-state index in [1.807, 2.05) is 0 Å². The second kappa shape index (κ2) is 6.47. The van der Waals surface area contributed by atoms with Crippen molar-refractivity contribution in [3.63, 3.8) is 0 Å². The standard InChI is InChI=1S/C13H18N4OS/c1-9-4-5-10(2)11(8-9)18-6-3-7-19-13-15-12(14)16-17-13/h4-5,8H,3,6-7H2,1-2H3,(H3,14,15,16,17). The highest BCUT2D eigenvalue weighted by atomic mass is 32.2. The Labute approximate surface area is 117 Å². The van der Waals surface area contributed by atoms with Crippen molar-refractivity contribution in [3.05, 3.63) is 29.3 Å². The van der Waals surface area contributed by atoms with Gasteiger partial charge in [0.1, 0.15) is 5.75 Å². The number of hydrogen-bond donors (Lipinski definition) is 2. The molecular formula is C13H18N4OS. The fraction of sp³-hybridized carbons (Fsp3) is 0.385. The number of aromatic nitrogens is 3. The Morgan fingerprint density at radius 3 is 2.95 bits per heavy atom. The zero-order chi connectivity index (χ0) is 13.7. The summed E-state index contributed by atoms with van der Waals surface area (Å²) in [5, 5.41) is 7.26. The maximum absolute atomic E-state index is 5.77. The summed E-state index contributed by atoms with van der Waals surface area (Å²) in [6.07, 6.45) is 0.937. The zero-order valence-electron chi connectivity index (χ0n) is 11.1. The molecule has 0 atom stereocenters. The molecule has 2 rings (SSSR count). The number of ether oxygens (including phenoxy) is 1. The largest absolute Gasteiger partial charge is 0.493 e. The van der Waals surface area contributed by atoms with Gasteiger partial charge in [-0.15, -0.1) is 5.10 Å². The van der Waals surface area contributed by atoms with Gasteiger partial charge in [0, 0.05) is 5.75 Å². The first-order chi connectivity index (χ1) is 9.15. The van der Waals surface area contributed by atoms with Crippen molar-refractivity contribution >= 4 is 17.7 Å². The number of benzene rings is 1. The summed E-state index contributed by atoms with van der Waals surface area (Å²) < 4.78 is 5.77. The van der Waals surface area contributed by atoms with Crippen molar-refractivity contribution in [2.45, 2.75) is 25.4 Å². The first kappa shape index (κ1) is 13.7. The average molecular weight is 278 g/mol. The summed E-state index contributed by atoms with van der Waals surface area (Å²) in [4.78, 5) is 4.03. The fourth-order valence-electron chi connectivity index (χ4n) is 1.59. The molecule has 0 aliphatic carbocycles. The van der Waals surface area contributed by atoms with Crippen LogP contribution in [0.3, 0.4) is 0 Å². The smallest absolute Gasteiger partial charge is 0.216 e. The number of nitrogens with two attached hydrogens (primary N) is 1. The lowest BCUT2D eigenvalue weighted by Gasteiger charge is -2.09. The highest BCUT2D eigenvalue weighted by molar-refractivity contribution is 7.99. The van der Waals surface area contributed by atoms with Crippen LogP contribution in [0, 0.1) is 13.8 Å². The van der Waals surface area contributed by atoms with Crippen LogP contribution in [0.25, 0.3) is 0 Å². The maximum Gasteiger partial charge on any atom is 0.216 e. The predicted molar refractivity (Wildman–Crippen MR) is 77.5 cm³/mol. The van der Waals surface area contributed by atoms with Crippen molar-refractivity contribution < 1.29 is 4.74 Å². The Morgan fingerprint density at radius 2 is 2.21 bits per heavy atom. The van der Waals surface area contributed by atoms with Crippen LogP contribution in [0.15, 0.2) is 23.4 Å². The van der Waals surface area contributed by atoms with Crippen LogP contribution in [0.2, 0.25) is 0 Å². The first-order valence-electron chi connectivity index (χ1n) is 6.16. The molecule has 5 nitrogen and oxygen atoms in total. The molecule has 102 valence electrons. The van der Waals surface area contributed by atoms with Crippen LogP contribution in [-0.4, -0.2) is 27.5 Å². The van der Waals surface area contributed by atoms with Gasteiger partial charge in [0.2, 0.25) is 11.1 Å². The van der Waals surface area contributed by atoms with Gasteiger partial charge < -0.3 is 10.5 Å². The lowest BCUT2D eigenvalue weighted by molar-refractivity contribution is 0.316. The Hall–Kier alpha value is -1.69. The monoisotopic (exact) mass is 278 g/mol. The van der Waals surface area contributed by atoms with Gasteiger partial charge in [-0.1, -0.05) is 23.9 Å². The van der Waals surface area contributed by atoms with Gasteiger partial charge in [-0.2, -0.15) is 4.98 Å². The molecule has 0 bridgehead atoms. The van der Waals surface area contributed by atoms with E-state index in [2.05, 4.69) is 47.2 Å². The minimum atomic E-state index is 0.356. The molecule has 19 heavy (non-hydrogen) atoms. The zero-order valence-corrected chi connectivity index (χ0v) is 12.0. The average Bonchev–Trinajstić information content (AvgIpc) is 2.79. The number of nitrogen functional groups attached to an aromatic ring is 1. The number of nitrogens with zero attached hydrogens (tertiary/aromatic N) is 2. The van der Waals surface area contributed by atoms with Crippen LogP contribution in [0.1, 0.15) is 17.5 Å². The van der Waals surface area contributed by atoms with Gasteiger partial charge in [-0.05, 0) is 37.5 Å². The van der Waals surface area contributed by atoms with Crippen LogP contribution in [0.4, 0.5) is 5.95 Å². The summed E-state index contributed by atoms with van der Waals surface area (Å²) in [6.45, 7) is 4.81. The highest BCUT2D eigenvalue weighted by Gasteiger charge is 2.02. The third-order valence-electron chi connectivity index (χ3n) is 2.60. The molecule has 0 aliphatic heterocycles. The highest BCUT2D eigenvalue weighted by Crippen LogP contribution is 2.20. The molecule has 0 unspecified atom stereocenters. The van der Waals surface area contributed by atoms with Crippen LogP contribution >= 0.6 is 11.8 Å². The third kappa shape index (κ3) is 4.17. The molecule has 1 aromatic heterocycles. The molecular weight excluding hydrogens is 260 g/mol. The third-order valence-corrected chi connectivity index (χ3v) is 3.54. The number of H-pyrrole nitrogens is 1. The second-order valence-electron chi connectivity index (χ2n) is 4.32. The van der Waals surface area contributed by atoms with Crippen molar-refractivity contribution in [2.24, 2.45) is 0 Å². The topological polar surface area (TPSA) is 76.8 Å². The Balaban J connectivity index is 1.70. The van der Waals surface area contributed by atoms with E-state index >= 15 is 0 Å². The van der Waals surface area contributed by atoms with Crippen LogP contribution in [0.5, 0.6) is 5.75 Å². The molecule has 1 aromatic carbocycles. The van der Waals surface area contributed by atoms with E-state index in [0.717, 1.165) is 17.9 Å². The molecule has 6 heteroatoms. The summed E-state index contributed by atoms with van der Waals surface area (Å²) in [5.74, 6) is 2.23. The van der Waals surface area contributed by atoms with Gasteiger partial charge in [0.05, 0.1) is 6.61 Å². The van der Waals surface area contributed by atoms with E-state index < -0.39 is 0 Å². The van der Waals surface area contributed by atoms with Crippen molar-refractivity contribution in [2.75, 3.05) is 18.1 Å². The first-order valence-corrected chi connectivity index (χ1v) is 7.14. The van der Waals surface area contributed by atoms with Gasteiger partial charge in [0.25, 0.3) is 0 Å². The molecule has 1 heterocycles. The molecule has 0 aliphatic rings. The van der Waals surface area contributed by atoms with Gasteiger partial charge in [0.15, 0.2) is 0 Å². The molecule has 2 aromatic rings. The Morgan fingerprint density at radius 1 is 1.37 bits per heavy atom. The number of anilines is 1. The summed E-state index contributed by atoms with van der Waals surface area (Å²) in [7, 11) is 0. The number of nitrogens with one attached hydrogen (secondary N) is 1. The molecule has 0 saturated heterocycles. The van der Waals surface area contributed by atoms with Crippen molar-refractivity contribution in [3.8, 4) is 5.75 Å². The number of hydrogen-bond acceptors (Lipinski definition) is 5. The Bertz CT molecular complexity index is 541. The van der Waals surface area contributed by atoms with Crippen molar-refractivity contribution in [1.29, 1.82) is 0 Å². The predicted octanol–water partition coefficient (Wildman–Crippen LogP) is 2.56. The van der Waals surface area contributed by atoms with E-state index in [4.69, 9.17) is 10.5 Å². The molecule has 3 N–H and O–H groups in total. The lowest BCUT2D eigenvalue weighted by Crippen LogP contribution is -2.00. The van der Waals surface area contributed by atoms with Gasteiger partial charge >= 0.3 is 0 Å². The fourth-order valence-corrected chi connectivity index (χ4v) is 2.31. The molecule has 0 radical (unpaired) electrons. The van der Waals surface area contributed by atoms with E-state index in [1.54, 1.807) is 11.8 Å². The normalized spacial score (nSPS) is 10.6.